The monoisotopic (exact) mass is 210 g/mol. The first-order valence-corrected chi connectivity index (χ1v) is 5.62. The predicted molar refractivity (Wildman–Crippen MR) is 56.9 cm³/mol. The average molecular weight is 210 g/mol. The van der Waals surface area contributed by atoms with Gasteiger partial charge in [-0.25, -0.2) is 8.78 Å². The molecule has 0 radical (unpaired) electrons. The Morgan fingerprint density at radius 3 is 2.47 bits per heavy atom. The van der Waals surface area contributed by atoms with Crippen LogP contribution in [0.3, 0.4) is 0 Å². The minimum Gasteiger partial charge on any atom is -0.204 e. The second-order valence-electron chi connectivity index (χ2n) is 4.37. The average Bonchev–Trinajstić information content (AvgIpc) is 2.63. The van der Waals surface area contributed by atoms with Crippen molar-refractivity contribution in [3.05, 3.63) is 34.9 Å². The quantitative estimate of drug-likeness (QED) is 0.693. The second kappa shape index (κ2) is 3.58. The minimum atomic E-state index is -0.711. The molecule has 0 saturated carbocycles. The van der Waals surface area contributed by atoms with Crippen molar-refractivity contribution in [1.29, 1.82) is 0 Å². The number of fused-ring (bicyclic) bond motifs is 1. The zero-order valence-electron chi connectivity index (χ0n) is 9.24. The minimum absolute atomic E-state index is 0.0872. The summed E-state index contributed by atoms with van der Waals surface area (Å²) in [5.74, 6) is -1.34. The summed E-state index contributed by atoms with van der Waals surface area (Å²) >= 11 is 0. The van der Waals surface area contributed by atoms with Gasteiger partial charge in [-0.3, -0.25) is 0 Å². The van der Waals surface area contributed by atoms with Crippen LogP contribution in [-0.2, 0) is 11.8 Å². The molecule has 0 atom stereocenters. The Bertz CT molecular complexity index is 378. The van der Waals surface area contributed by atoms with Gasteiger partial charge in [0.25, 0.3) is 0 Å². The van der Waals surface area contributed by atoms with Crippen molar-refractivity contribution in [2.24, 2.45) is 0 Å². The van der Waals surface area contributed by atoms with Gasteiger partial charge in [-0.1, -0.05) is 19.9 Å². The maximum absolute atomic E-state index is 13.5. The normalized spacial score (nSPS) is 17.9. The third kappa shape index (κ3) is 1.38. The van der Waals surface area contributed by atoms with E-state index in [-0.39, 0.29) is 5.41 Å². The topological polar surface area (TPSA) is 0 Å². The summed E-state index contributed by atoms with van der Waals surface area (Å²) in [7, 11) is 0. The largest absolute Gasteiger partial charge is 0.204 e. The van der Waals surface area contributed by atoms with E-state index in [9.17, 15) is 8.78 Å². The van der Waals surface area contributed by atoms with Crippen LogP contribution in [0.4, 0.5) is 8.78 Å². The van der Waals surface area contributed by atoms with Crippen molar-refractivity contribution < 1.29 is 8.78 Å². The van der Waals surface area contributed by atoms with Crippen molar-refractivity contribution in [3.8, 4) is 0 Å². The van der Waals surface area contributed by atoms with E-state index in [4.69, 9.17) is 0 Å². The van der Waals surface area contributed by atoms with Crippen LogP contribution in [-0.4, -0.2) is 0 Å². The number of halogens is 2. The predicted octanol–water partition coefficient (Wildman–Crippen LogP) is 3.97. The Morgan fingerprint density at radius 2 is 1.87 bits per heavy atom. The lowest BCUT2D eigenvalue weighted by Gasteiger charge is -2.27. The fraction of sp³-hybridized carbons (Fsp3) is 0.538. The van der Waals surface area contributed by atoms with E-state index in [1.54, 1.807) is 6.07 Å². The molecule has 1 aliphatic carbocycles. The molecule has 0 aromatic heterocycles. The Balaban J connectivity index is 2.57. The standard InChI is InChI=1S/C13H16F2/c1-3-13(4-2)8-7-9-10(13)5-6-11(14)12(9)15/h5-6H,3-4,7-8H2,1-2H3. The molecule has 0 nitrogen and oxygen atoms in total. The van der Waals surface area contributed by atoms with Gasteiger partial charge in [0, 0.05) is 0 Å². The summed E-state index contributed by atoms with van der Waals surface area (Å²) in [6, 6.07) is 3.04. The molecular weight excluding hydrogens is 194 g/mol. The summed E-state index contributed by atoms with van der Waals surface area (Å²) in [5.41, 5.74) is 1.73. The summed E-state index contributed by atoms with van der Waals surface area (Å²) in [6.07, 6.45) is 3.64. The first kappa shape index (κ1) is 10.6. The first-order valence-electron chi connectivity index (χ1n) is 5.62. The molecule has 0 saturated heterocycles. The van der Waals surface area contributed by atoms with Gasteiger partial charge in [-0.2, -0.15) is 0 Å². The van der Waals surface area contributed by atoms with Crippen molar-refractivity contribution in [1.82, 2.24) is 0 Å². The highest BCUT2D eigenvalue weighted by Crippen LogP contribution is 2.44. The molecule has 0 amide bonds. The molecule has 2 heteroatoms. The molecule has 2 rings (SSSR count). The lowest BCUT2D eigenvalue weighted by atomic mass is 9.77. The molecule has 0 heterocycles. The van der Waals surface area contributed by atoms with Gasteiger partial charge < -0.3 is 0 Å². The van der Waals surface area contributed by atoms with E-state index in [0.29, 0.717) is 12.0 Å². The molecule has 1 aliphatic rings. The molecule has 1 aromatic carbocycles. The number of hydrogen-bond acceptors (Lipinski definition) is 0. The fourth-order valence-corrected chi connectivity index (χ4v) is 2.82. The molecule has 15 heavy (non-hydrogen) atoms. The van der Waals surface area contributed by atoms with Gasteiger partial charge in [0.1, 0.15) is 0 Å². The zero-order valence-corrected chi connectivity index (χ0v) is 9.24. The van der Waals surface area contributed by atoms with Crippen LogP contribution >= 0.6 is 0 Å². The molecule has 0 N–H and O–H groups in total. The van der Waals surface area contributed by atoms with Crippen molar-refractivity contribution >= 4 is 0 Å². The van der Waals surface area contributed by atoms with E-state index in [2.05, 4.69) is 13.8 Å². The van der Waals surface area contributed by atoms with Gasteiger partial charge in [0.05, 0.1) is 0 Å². The third-order valence-corrected chi connectivity index (χ3v) is 3.97. The number of benzene rings is 1. The van der Waals surface area contributed by atoms with Gasteiger partial charge in [0.2, 0.25) is 0 Å². The van der Waals surface area contributed by atoms with Crippen LogP contribution in [0.25, 0.3) is 0 Å². The first-order chi connectivity index (χ1) is 7.14. The lowest BCUT2D eigenvalue weighted by Crippen LogP contribution is -2.20. The van der Waals surface area contributed by atoms with Gasteiger partial charge in [-0.05, 0) is 48.3 Å². The summed E-state index contributed by atoms with van der Waals surface area (Å²) in [4.78, 5) is 0. The van der Waals surface area contributed by atoms with Crippen LogP contribution < -0.4 is 0 Å². The number of hydrogen-bond donors (Lipinski definition) is 0. The molecular formula is C13H16F2. The second-order valence-corrected chi connectivity index (χ2v) is 4.37. The van der Waals surface area contributed by atoms with E-state index in [0.717, 1.165) is 24.8 Å². The molecule has 0 fully saturated rings. The van der Waals surface area contributed by atoms with Gasteiger partial charge >= 0.3 is 0 Å². The van der Waals surface area contributed by atoms with Gasteiger partial charge in [-0.15, -0.1) is 0 Å². The summed E-state index contributed by atoms with van der Waals surface area (Å²) < 4.78 is 26.6. The van der Waals surface area contributed by atoms with Crippen LogP contribution in [0.15, 0.2) is 12.1 Å². The highest BCUT2D eigenvalue weighted by Gasteiger charge is 2.37. The lowest BCUT2D eigenvalue weighted by molar-refractivity contribution is 0.394. The SMILES string of the molecule is CCC1(CC)CCc2c1ccc(F)c2F. The highest BCUT2D eigenvalue weighted by atomic mass is 19.2. The molecule has 0 spiro atoms. The van der Waals surface area contributed by atoms with Crippen molar-refractivity contribution in [2.75, 3.05) is 0 Å². The maximum atomic E-state index is 13.5. The Hall–Kier alpha value is -0.920. The van der Waals surface area contributed by atoms with Crippen LogP contribution in [0.1, 0.15) is 44.2 Å². The van der Waals surface area contributed by atoms with Crippen molar-refractivity contribution in [3.63, 3.8) is 0 Å². The fourth-order valence-electron chi connectivity index (χ4n) is 2.82. The van der Waals surface area contributed by atoms with Crippen LogP contribution in [0.5, 0.6) is 0 Å². The van der Waals surface area contributed by atoms with Crippen LogP contribution in [0.2, 0.25) is 0 Å². The maximum Gasteiger partial charge on any atom is 0.162 e. The van der Waals surface area contributed by atoms with E-state index >= 15 is 0 Å². The molecule has 82 valence electrons. The zero-order chi connectivity index (χ0) is 11.1. The molecule has 0 aliphatic heterocycles. The molecule has 0 bridgehead atoms. The third-order valence-electron chi connectivity index (χ3n) is 3.97. The van der Waals surface area contributed by atoms with Crippen molar-refractivity contribution in [2.45, 2.75) is 44.9 Å². The Kier molecular flexibility index (Phi) is 2.53. The number of rotatable bonds is 2. The van der Waals surface area contributed by atoms with Crippen LogP contribution in [0, 0.1) is 11.6 Å². The molecule has 0 unspecified atom stereocenters. The van der Waals surface area contributed by atoms with E-state index in [1.165, 1.54) is 6.07 Å². The van der Waals surface area contributed by atoms with E-state index < -0.39 is 11.6 Å². The smallest absolute Gasteiger partial charge is 0.162 e. The molecule has 1 aromatic rings. The van der Waals surface area contributed by atoms with Gasteiger partial charge in [0.15, 0.2) is 11.6 Å². The summed E-state index contributed by atoms with van der Waals surface area (Å²) in [5, 5.41) is 0. The Morgan fingerprint density at radius 1 is 1.20 bits per heavy atom. The summed E-state index contributed by atoms with van der Waals surface area (Å²) in [6.45, 7) is 4.25. The Labute approximate surface area is 89.3 Å². The van der Waals surface area contributed by atoms with E-state index in [1.807, 2.05) is 0 Å². The highest BCUT2D eigenvalue weighted by molar-refractivity contribution is 5.40.